The van der Waals surface area contributed by atoms with Crippen LogP contribution in [0.15, 0.2) is 48.6 Å². The molecule has 31 heavy (non-hydrogen) atoms. The average Bonchev–Trinajstić information content (AvgIpc) is 3.30. The number of nitrogens with zero attached hydrogens (tertiary/aromatic N) is 4. The van der Waals surface area contributed by atoms with Gasteiger partial charge in [0.2, 0.25) is 5.91 Å². The number of carbonyl (C=O) groups is 3. The largest absolute Gasteiger partial charge is 0.365 e. The number of carbonyl (C=O) groups excluding carboxylic acids is 3. The fourth-order valence-corrected chi connectivity index (χ4v) is 3.51. The number of benzene rings is 1. The van der Waals surface area contributed by atoms with E-state index in [1.807, 2.05) is 36.4 Å². The smallest absolute Gasteiger partial charge is 0.301 e. The summed E-state index contributed by atoms with van der Waals surface area (Å²) in [5.74, 6) is -2.95. The number of amides is 3. The normalized spacial score (nSPS) is 19.8. The van der Waals surface area contributed by atoms with Gasteiger partial charge in [-0.05, 0) is 17.6 Å². The molecule has 0 bridgehead atoms. The summed E-state index contributed by atoms with van der Waals surface area (Å²) in [4.78, 5) is 38.4. The number of primary amides is 1. The van der Waals surface area contributed by atoms with Gasteiger partial charge in [0.1, 0.15) is 0 Å². The van der Waals surface area contributed by atoms with E-state index < -0.39 is 28.9 Å². The third kappa shape index (κ3) is 3.94. The van der Waals surface area contributed by atoms with Crippen molar-refractivity contribution in [3.63, 3.8) is 0 Å². The number of hydrogen-bond donors (Lipinski definition) is 4. The molecule has 1 heterocycles. The highest BCUT2D eigenvalue weighted by atomic mass is 16.3. The number of allylic oxidation sites excluding steroid dienone is 3. The molecule has 2 aromatic rings. The number of nitrogens with two attached hydrogens (primary N) is 1. The second-order valence-corrected chi connectivity index (χ2v) is 7.20. The van der Waals surface area contributed by atoms with Crippen LogP contribution < -0.4 is 11.1 Å². The van der Waals surface area contributed by atoms with E-state index >= 15 is 0 Å². The third-order valence-corrected chi connectivity index (χ3v) is 5.34. The van der Waals surface area contributed by atoms with Gasteiger partial charge in [0.05, 0.1) is 5.41 Å². The first-order valence-electron chi connectivity index (χ1n) is 9.44. The number of aromatic amines is 1. The van der Waals surface area contributed by atoms with Crippen LogP contribution in [0, 0.1) is 5.41 Å². The summed E-state index contributed by atoms with van der Waals surface area (Å²) in [6.45, 7) is 0. The van der Waals surface area contributed by atoms with Crippen LogP contribution in [0.2, 0.25) is 0 Å². The minimum absolute atomic E-state index is 0.0182. The Kier molecular flexibility index (Phi) is 5.97. The summed E-state index contributed by atoms with van der Waals surface area (Å²) in [6.07, 6.45) is 5.52. The second-order valence-electron chi connectivity index (χ2n) is 7.20. The van der Waals surface area contributed by atoms with Gasteiger partial charge in [0.15, 0.2) is 5.82 Å². The quantitative estimate of drug-likeness (QED) is 0.331. The topological polar surface area (TPSA) is 167 Å². The molecule has 0 radical (unpaired) electrons. The number of nitrogens with one attached hydrogen (secondary N) is 2. The van der Waals surface area contributed by atoms with Crippen LogP contribution in [0.5, 0.6) is 0 Å². The summed E-state index contributed by atoms with van der Waals surface area (Å²) < 4.78 is 0. The van der Waals surface area contributed by atoms with E-state index in [1.165, 1.54) is 7.05 Å². The highest BCUT2D eigenvalue weighted by Crippen LogP contribution is 2.38. The Bertz CT molecular complexity index is 1040. The lowest BCUT2D eigenvalue weighted by molar-refractivity contribution is -0.181. The Hall–Kier alpha value is -3.86. The number of H-pyrrole nitrogens is 1. The molecule has 3 rings (SSSR count). The Morgan fingerprint density at radius 3 is 2.55 bits per heavy atom. The first kappa shape index (κ1) is 21.8. The summed E-state index contributed by atoms with van der Waals surface area (Å²) in [5.41, 5.74) is 2.99. The molecule has 1 aliphatic rings. The van der Waals surface area contributed by atoms with Crippen molar-refractivity contribution in [2.45, 2.75) is 18.6 Å². The first-order valence-corrected chi connectivity index (χ1v) is 9.44. The summed E-state index contributed by atoms with van der Waals surface area (Å²) in [6, 6.07) is 9.58. The molecule has 1 aromatic heterocycles. The molecular formula is C20H23N7O4. The van der Waals surface area contributed by atoms with Crippen molar-refractivity contribution >= 4 is 23.3 Å². The van der Waals surface area contributed by atoms with Gasteiger partial charge in [0, 0.05) is 20.5 Å². The van der Waals surface area contributed by atoms with Crippen LogP contribution in [-0.4, -0.2) is 68.2 Å². The van der Waals surface area contributed by atoms with Crippen molar-refractivity contribution in [1.82, 2.24) is 30.8 Å². The highest BCUT2D eigenvalue weighted by molar-refractivity contribution is 6.10. The Morgan fingerprint density at radius 2 is 2.03 bits per heavy atom. The lowest BCUT2D eigenvalue weighted by atomic mass is 9.74. The van der Waals surface area contributed by atoms with Gasteiger partial charge in [-0.3, -0.25) is 14.4 Å². The number of rotatable bonds is 7. The van der Waals surface area contributed by atoms with E-state index in [-0.39, 0.29) is 18.7 Å². The molecule has 11 heteroatoms. The zero-order valence-corrected chi connectivity index (χ0v) is 17.1. The molecule has 2 atom stereocenters. The van der Waals surface area contributed by atoms with E-state index in [4.69, 9.17) is 5.73 Å². The van der Waals surface area contributed by atoms with Crippen molar-refractivity contribution < 1.29 is 19.5 Å². The second kappa shape index (κ2) is 8.48. The fourth-order valence-electron chi connectivity index (χ4n) is 3.51. The molecular weight excluding hydrogens is 402 g/mol. The maximum absolute atomic E-state index is 13.6. The molecule has 1 aliphatic carbocycles. The molecule has 3 amide bonds. The summed E-state index contributed by atoms with van der Waals surface area (Å²) >= 11 is 0. The van der Waals surface area contributed by atoms with Crippen molar-refractivity contribution in [1.29, 1.82) is 0 Å². The van der Waals surface area contributed by atoms with Crippen molar-refractivity contribution in [2.24, 2.45) is 11.1 Å². The molecule has 2 unspecified atom stereocenters. The molecule has 5 N–H and O–H groups in total. The van der Waals surface area contributed by atoms with Crippen LogP contribution in [0.1, 0.15) is 17.8 Å². The molecule has 0 saturated carbocycles. The maximum atomic E-state index is 13.6. The number of likely N-dealkylation sites (N-methyl/N-ethyl adjacent to an activating group) is 2. The molecule has 11 nitrogen and oxygen atoms in total. The van der Waals surface area contributed by atoms with Crippen LogP contribution >= 0.6 is 0 Å². The van der Waals surface area contributed by atoms with Gasteiger partial charge < -0.3 is 21.1 Å². The minimum atomic E-state index is -2.87. The number of aliphatic hydroxyl groups is 1. The monoisotopic (exact) mass is 425 g/mol. The molecule has 162 valence electrons. The van der Waals surface area contributed by atoms with Crippen LogP contribution in [0.3, 0.4) is 0 Å². The Labute approximate surface area is 178 Å². The standard InChI is InChI=1S/C20H23N7O4/c1-22-17(29)20(31,16(21)28)27(2)18(30)19(12-15-23-25-26-24-15)10-8-14(9-11-19)13-6-4-3-5-7-13/h3-10,31H,11-12H2,1-2H3,(H2,21,28)(H,22,29)(H,23,24,25,26). The van der Waals surface area contributed by atoms with Gasteiger partial charge in [-0.25, -0.2) is 0 Å². The summed E-state index contributed by atoms with van der Waals surface area (Å²) in [5, 5.41) is 26.6. The predicted molar refractivity (Wildman–Crippen MR) is 109 cm³/mol. The fraction of sp³-hybridized carbons (Fsp3) is 0.300. The van der Waals surface area contributed by atoms with Gasteiger partial charge in [-0.15, -0.1) is 10.2 Å². The minimum Gasteiger partial charge on any atom is -0.365 e. The summed E-state index contributed by atoms with van der Waals surface area (Å²) in [7, 11) is 2.36. The van der Waals surface area contributed by atoms with Gasteiger partial charge in [-0.2, -0.15) is 5.21 Å². The zero-order valence-electron chi connectivity index (χ0n) is 17.1. The van der Waals surface area contributed by atoms with E-state index in [0.29, 0.717) is 4.90 Å². The van der Waals surface area contributed by atoms with Gasteiger partial charge in [0.25, 0.3) is 11.8 Å². The molecule has 0 fully saturated rings. The predicted octanol–water partition coefficient (Wildman–Crippen LogP) is -0.850. The average molecular weight is 425 g/mol. The lowest BCUT2D eigenvalue weighted by Gasteiger charge is -2.39. The Balaban J connectivity index is 1.99. The van der Waals surface area contributed by atoms with E-state index in [0.717, 1.165) is 18.2 Å². The molecule has 1 aromatic carbocycles. The van der Waals surface area contributed by atoms with Crippen molar-refractivity contribution in [3.05, 3.63) is 59.9 Å². The van der Waals surface area contributed by atoms with Gasteiger partial charge in [-0.1, -0.05) is 53.8 Å². The van der Waals surface area contributed by atoms with Crippen molar-refractivity contribution in [3.8, 4) is 0 Å². The van der Waals surface area contributed by atoms with Crippen LogP contribution in [0.4, 0.5) is 0 Å². The Morgan fingerprint density at radius 1 is 1.32 bits per heavy atom. The zero-order chi connectivity index (χ0) is 22.6. The highest BCUT2D eigenvalue weighted by Gasteiger charge is 2.53. The van der Waals surface area contributed by atoms with Crippen molar-refractivity contribution in [2.75, 3.05) is 14.1 Å². The van der Waals surface area contributed by atoms with Crippen LogP contribution in [0.25, 0.3) is 5.57 Å². The third-order valence-electron chi connectivity index (χ3n) is 5.34. The molecule has 0 aliphatic heterocycles. The lowest BCUT2D eigenvalue weighted by Crippen LogP contribution is -2.67. The number of aromatic nitrogens is 4. The van der Waals surface area contributed by atoms with E-state index in [1.54, 1.807) is 12.2 Å². The van der Waals surface area contributed by atoms with E-state index in [9.17, 15) is 19.5 Å². The van der Waals surface area contributed by atoms with Gasteiger partial charge >= 0.3 is 5.72 Å². The molecule has 0 spiro atoms. The first-order chi connectivity index (χ1) is 14.7. The van der Waals surface area contributed by atoms with E-state index in [2.05, 4.69) is 25.9 Å². The number of tetrazole rings is 1. The molecule has 0 saturated heterocycles. The maximum Gasteiger partial charge on any atom is 0.301 e. The number of hydrogen-bond acceptors (Lipinski definition) is 7. The SMILES string of the molecule is CNC(=O)C(O)(C(N)=O)N(C)C(=O)C1(Cc2nn[nH]n2)C=CC(c2ccccc2)=CC1. The van der Waals surface area contributed by atoms with Crippen LogP contribution in [-0.2, 0) is 20.8 Å².